The molecule has 2 N–H and O–H groups in total. The highest BCUT2D eigenvalue weighted by Crippen LogP contribution is 2.32. The van der Waals surface area contributed by atoms with E-state index in [1.807, 2.05) is 64.1 Å². The number of nitrogens with zero attached hydrogens (tertiary/aromatic N) is 2. The fourth-order valence-corrected chi connectivity index (χ4v) is 4.05. The van der Waals surface area contributed by atoms with Crippen molar-refractivity contribution in [3.8, 4) is 17.3 Å². The fraction of sp³-hybridized carbons (Fsp3) is 0.393. The number of carbonyl (C=O) groups is 1. The van der Waals surface area contributed by atoms with Crippen LogP contribution in [0.2, 0.25) is 0 Å². The lowest BCUT2D eigenvalue weighted by molar-refractivity contribution is -0.168. The minimum Gasteiger partial charge on any atom is -0.460 e. The standard InChI is InChI=1S/C28H33N3O2/c1-5-28(19-30,26(32)33-27(2,3)4)16-8-9-20-12-14-24-21(17-20)13-15-25(31-24)23-11-7-6-10-22(23)18-29/h6-7,10-15,17H,5,8-9,16,19,30H2,1-4H3. The van der Waals surface area contributed by atoms with E-state index >= 15 is 0 Å². The second-order valence-corrected chi connectivity index (χ2v) is 9.57. The molecule has 0 saturated heterocycles. The minimum atomic E-state index is -0.644. The molecule has 3 aromatic rings. The summed E-state index contributed by atoms with van der Waals surface area (Å²) in [6.07, 6.45) is 3.04. The van der Waals surface area contributed by atoms with Gasteiger partial charge >= 0.3 is 5.97 Å². The van der Waals surface area contributed by atoms with Gasteiger partial charge in [0.05, 0.1) is 28.3 Å². The van der Waals surface area contributed by atoms with Crippen molar-refractivity contribution in [2.75, 3.05) is 6.54 Å². The van der Waals surface area contributed by atoms with Crippen molar-refractivity contribution in [3.63, 3.8) is 0 Å². The van der Waals surface area contributed by atoms with Crippen molar-refractivity contribution in [1.29, 1.82) is 5.26 Å². The third-order valence-corrected chi connectivity index (χ3v) is 6.10. The summed E-state index contributed by atoms with van der Waals surface area (Å²) in [5.41, 5.74) is 9.21. The van der Waals surface area contributed by atoms with Crippen LogP contribution in [0.4, 0.5) is 0 Å². The first-order valence-corrected chi connectivity index (χ1v) is 11.5. The maximum atomic E-state index is 12.8. The molecule has 0 aliphatic heterocycles. The van der Waals surface area contributed by atoms with Crippen molar-refractivity contribution < 1.29 is 9.53 Å². The summed E-state index contributed by atoms with van der Waals surface area (Å²) in [6.45, 7) is 7.94. The number of benzene rings is 2. The first-order valence-electron chi connectivity index (χ1n) is 11.5. The van der Waals surface area contributed by atoms with Gasteiger partial charge in [0.25, 0.3) is 0 Å². The van der Waals surface area contributed by atoms with Crippen LogP contribution in [-0.4, -0.2) is 23.1 Å². The number of hydrogen-bond donors (Lipinski definition) is 1. The summed E-state index contributed by atoms with van der Waals surface area (Å²) in [4.78, 5) is 17.6. The van der Waals surface area contributed by atoms with Gasteiger partial charge in [0.1, 0.15) is 5.60 Å². The van der Waals surface area contributed by atoms with Gasteiger partial charge < -0.3 is 10.5 Å². The topological polar surface area (TPSA) is 89.0 Å². The number of ether oxygens (including phenoxy) is 1. The summed E-state index contributed by atoms with van der Waals surface area (Å²) in [5, 5.41) is 10.4. The third kappa shape index (κ3) is 5.77. The van der Waals surface area contributed by atoms with Crippen LogP contribution < -0.4 is 5.73 Å². The summed E-state index contributed by atoms with van der Waals surface area (Å²) in [6, 6.07) is 20.0. The Morgan fingerprint density at radius 2 is 1.88 bits per heavy atom. The Kier molecular flexibility index (Phi) is 7.50. The van der Waals surface area contributed by atoms with E-state index in [-0.39, 0.29) is 12.5 Å². The monoisotopic (exact) mass is 443 g/mol. The van der Waals surface area contributed by atoms with E-state index in [2.05, 4.69) is 18.2 Å². The number of fused-ring (bicyclic) bond motifs is 1. The number of nitrogens with two attached hydrogens (primary N) is 1. The number of esters is 1. The molecule has 0 bridgehead atoms. The summed E-state index contributed by atoms with van der Waals surface area (Å²) in [7, 11) is 0. The molecular formula is C28H33N3O2. The highest BCUT2D eigenvalue weighted by molar-refractivity contribution is 5.83. The van der Waals surface area contributed by atoms with Crippen LogP contribution in [0.3, 0.4) is 0 Å². The molecule has 172 valence electrons. The first-order chi connectivity index (χ1) is 15.7. The number of nitriles is 1. The van der Waals surface area contributed by atoms with E-state index in [0.717, 1.165) is 35.0 Å². The molecule has 33 heavy (non-hydrogen) atoms. The van der Waals surface area contributed by atoms with Gasteiger partial charge in [0.2, 0.25) is 0 Å². The molecule has 0 aliphatic carbocycles. The Morgan fingerprint density at radius 3 is 2.55 bits per heavy atom. The van der Waals surface area contributed by atoms with E-state index in [9.17, 15) is 10.1 Å². The number of pyridine rings is 1. The van der Waals surface area contributed by atoms with E-state index in [0.29, 0.717) is 18.4 Å². The lowest BCUT2D eigenvalue weighted by Crippen LogP contribution is -2.42. The quantitative estimate of drug-likeness (QED) is 0.445. The smallest absolute Gasteiger partial charge is 0.313 e. The van der Waals surface area contributed by atoms with E-state index < -0.39 is 11.0 Å². The molecule has 0 radical (unpaired) electrons. The highest BCUT2D eigenvalue weighted by Gasteiger charge is 2.38. The summed E-state index contributed by atoms with van der Waals surface area (Å²) in [5.74, 6) is -0.201. The number of carbonyl (C=O) groups excluding carboxylic acids is 1. The zero-order valence-corrected chi connectivity index (χ0v) is 20.0. The maximum absolute atomic E-state index is 12.8. The second-order valence-electron chi connectivity index (χ2n) is 9.57. The lowest BCUT2D eigenvalue weighted by Gasteiger charge is -2.32. The van der Waals surface area contributed by atoms with Gasteiger partial charge in [-0.2, -0.15) is 5.26 Å². The van der Waals surface area contributed by atoms with Crippen molar-refractivity contribution in [2.24, 2.45) is 11.1 Å². The molecule has 0 amide bonds. The zero-order valence-electron chi connectivity index (χ0n) is 20.0. The number of aromatic nitrogens is 1. The molecule has 0 spiro atoms. The van der Waals surface area contributed by atoms with Crippen molar-refractivity contribution in [2.45, 2.75) is 59.0 Å². The largest absolute Gasteiger partial charge is 0.460 e. The van der Waals surface area contributed by atoms with Gasteiger partial charge in [-0.3, -0.25) is 4.79 Å². The molecule has 5 nitrogen and oxygen atoms in total. The molecule has 0 aliphatic rings. The highest BCUT2D eigenvalue weighted by atomic mass is 16.6. The molecule has 1 heterocycles. The average Bonchev–Trinajstić information content (AvgIpc) is 2.80. The van der Waals surface area contributed by atoms with Crippen LogP contribution in [0.25, 0.3) is 22.2 Å². The lowest BCUT2D eigenvalue weighted by atomic mass is 9.79. The van der Waals surface area contributed by atoms with Crippen molar-refractivity contribution in [1.82, 2.24) is 4.98 Å². The molecular weight excluding hydrogens is 410 g/mol. The average molecular weight is 444 g/mol. The Morgan fingerprint density at radius 1 is 1.12 bits per heavy atom. The van der Waals surface area contributed by atoms with Gasteiger partial charge in [-0.25, -0.2) is 4.98 Å². The molecule has 0 fully saturated rings. The Bertz CT molecular complexity index is 1170. The van der Waals surface area contributed by atoms with Crippen LogP contribution in [0.1, 0.15) is 58.1 Å². The Hall–Kier alpha value is -3.23. The van der Waals surface area contributed by atoms with Gasteiger partial charge in [-0.15, -0.1) is 0 Å². The van der Waals surface area contributed by atoms with E-state index in [1.165, 1.54) is 5.56 Å². The zero-order chi connectivity index (χ0) is 24.1. The minimum absolute atomic E-state index is 0.201. The third-order valence-electron chi connectivity index (χ3n) is 6.10. The Balaban J connectivity index is 1.73. The second kappa shape index (κ2) is 10.1. The van der Waals surface area contributed by atoms with Crippen LogP contribution in [-0.2, 0) is 16.0 Å². The molecule has 1 atom stereocenters. The molecule has 2 aromatic carbocycles. The molecule has 1 aromatic heterocycles. The molecule has 0 saturated carbocycles. The van der Waals surface area contributed by atoms with Crippen LogP contribution >= 0.6 is 0 Å². The fourth-order valence-electron chi connectivity index (χ4n) is 4.05. The maximum Gasteiger partial charge on any atom is 0.313 e. The SMILES string of the molecule is CCC(CN)(CCCc1ccc2nc(-c3ccccc3C#N)ccc2c1)C(=O)OC(C)(C)C. The number of rotatable bonds is 8. The molecule has 5 heteroatoms. The normalized spacial score (nSPS) is 13.3. The van der Waals surface area contributed by atoms with E-state index in [1.54, 1.807) is 6.07 Å². The molecule has 1 unspecified atom stereocenters. The van der Waals surface area contributed by atoms with Gasteiger partial charge in [0, 0.05) is 17.5 Å². The number of hydrogen-bond acceptors (Lipinski definition) is 5. The van der Waals surface area contributed by atoms with E-state index in [4.69, 9.17) is 15.5 Å². The van der Waals surface area contributed by atoms with Crippen LogP contribution in [0.15, 0.2) is 54.6 Å². The van der Waals surface area contributed by atoms with Gasteiger partial charge in [0.15, 0.2) is 0 Å². The van der Waals surface area contributed by atoms with Gasteiger partial charge in [-0.05, 0) is 76.3 Å². The first kappa shape index (κ1) is 24.4. The number of aryl methyl sites for hydroxylation is 1. The Labute approximate surface area is 196 Å². The van der Waals surface area contributed by atoms with Crippen molar-refractivity contribution in [3.05, 3.63) is 65.7 Å². The summed E-state index contributed by atoms with van der Waals surface area (Å²) < 4.78 is 5.66. The summed E-state index contributed by atoms with van der Waals surface area (Å²) >= 11 is 0. The van der Waals surface area contributed by atoms with Gasteiger partial charge in [-0.1, -0.05) is 37.3 Å². The predicted octanol–water partition coefficient (Wildman–Crippen LogP) is 5.79. The predicted molar refractivity (Wildman–Crippen MR) is 132 cm³/mol. The van der Waals surface area contributed by atoms with Crippen LogP contribution in [0.5, 0.6) is 0 Å². The molecule has 3 rings (SSSR count). The van der Waals surface area contributed by atoms with Crippen LogP contribution in [0, 0.1) is 16.7 Å². The van der Waals surface area contributed by atoms with Crippen molar-refractivity contribution >= 4 is 16.9 Å².